The van der Waals surface area contributed by atoms with E-state index in [4.69, 9.17) is 0 Å². The summed E-state index contributed by atoms with van der Waals surface area (Å²) in [6, 6.07) is 14.0. The van der Waals surface area contributed by atoms with E-state index in [1.165, 1.54) is 0 Å². The molecular formula is C19H22N2O3S. The number of sulfonamides is 1. The SMILES string of the molecule is CS(=O)(=O)NC1CCN(C(=O)/C=C/c2cccc3ccccc23)CC1. The summed E-state index contributed by atoms with van der Waals surface area (Å²) in [6.07, 6.45) is 5.90. The minimum atomic E-state index is -3.20. The average Bonchev–Trinajstić information content (AvgIpc) is 2.59. The van der Waals surface area contributed by atoms with Crippen LogP contribution < -0.4 is 4.72 Å². The highest BCUT2D eigenvalue weighted by Gasteiger charge is 2.23. The summed E-state index contributed by atoms with van der Waals surface area (Å²) in [4.78, 5) is 14.2. The Balaban J connectivity index is 1.64. The summed E-state index contributed by atoms with van der Waals surface area (Å²) in [7, 11) is -3.20. The lowest BCUT2D eigenvalue weighted by molar-refractivity contribution is -0.126. The van der Waals surface area contributed by atoms with Crippen molar-refractivity contribution in [2.75, 3.05) is 19.3 Å². The van der Waals surface area contributed by atoms with Crippen molar-refractivity contribution in [3.8, 4) is 0 Å². The van der Waals surface area contributed by atoms with Gasteiger partial charge in [-0.25, -0.2) is 13.1 Å². The van der Waals surface area contributed by atoms with Crippen LogP contribution in [-0.2, 0) is 14.8 Å². The molecule has 0 unspecified atom stereocenters. The Labute approximate surface area is 148 Å². The Bertz CT molecular complexity index is 893. The predicted octanol–water partition coefficient (Wildman–Crippen LogP) is 2.39. The fourth-order valence-electron chi connectivity index (χ4n) is 3.18. The topological polar surface area (TPSA) is 66.5 Å². The standard InChI is InChI=1S/C19H22N2O3S/c1-25(23,24)20-17-11-13-21(14-12-17)19(22)10-9-16-7-4-6-15-5-2-3-8-18(15)16/h2-10,17,20H,11-14H2,1H3/b10-9+. The third-order valence-electron chi connectivity index (χ3n) is 4.42. The number of carbonyl (C=O) groups is 1. The van der Waals surface area contributed by atoms with Gasteiger partial charge in [0.05, 0.1) is 6.26 Å². The van der Waals surface area contributed by atoms with Crippen LogP contribution in [0.2, 0.25) is 0 Å². The smallest absolute Gasteiger partial charge is 0.246 e. The number of carbonyl (C=O) groups excluding carboxylic acids is 1. The van der Waals surface area contributed by atoms with E-state index in [0.29, 0.717) is 25.9 Å². The maximum Gasteiger partial charge on any atom is 0.246 e. The summed E-state index contributed by atoms with van der Waals surface area (Å²) in [5, 5.41) is 2.26. The van der Waals surface area contributed by atoms with E-state index in [-0.39, 0.29) is 11.9 Å². The normalized spacial score (nSPS) is 16.6. The van der Waals surface area contributed by atoms with Gasteiger partial charge in [0.25, 0.3) is 0 Å². The number of amides is 1. The highest BCUT2D eigenvalue weighted by Crippen LogP contribution is 2.20. The van der Waals surface area contributed by atoms with Crippen LogP contribution in [-0.4, -0.2) is 44.6 Å². The number of nitrogens with one attached hydrogen (secondary N) is 1. The number of piperidine rings is 1. The summed E-state index contributed by atoms with van der Waals surface area (Å²) >= 11 is 0. The van der Waals surface area contributed by atoms with Gasteiger partial charge in [0.15, 0.2) is 0 Å². The molecule has 1 heterocycles. The van der Waals surface area contributed by atoms with Crippen LogP contribution in [0.15, 0.2) is 48.5 Å². The molecule has 6 heteroatoms. The Hall–Kier alpha value is -2.18. The molecule has 1 amide bonds. The van der Waals surface area contributed by atoms with Gasteiger partial charge in [0, 0.05) is 25.2 Å². The molecular weight excluding hydrogens is 336 g/mol. The highest BCUT2D eigenvalue weighted by atomic mass is 32.2. The number of nitrogens with zero attached hydrogens (tertiary/aromatic N) is 1. The number of rotatable bonds is 4. The molecule has 0 radical (unpaired) electrons. The van der Waals surface area contributed by atoms with Gasteiger partial charge in [0.2, 0.25) is 15.9 Å². The minimum absolute atomic E-state index is 0.0364. The van der Waals surface area contributed by atoms with E-state index >= 15 is 0 Å². The lowest BCUT2D eigenvalue weighted by Crippen LogP contribution is -2.45. The third-order valence-corrected chi connectivity index (χ3v) is 5.18. The van der Waals surface area contributed by atoms with E-state index < -0.39 is 10.0 Å². The third kappa shape index (κ3) is 4.67. The molecule has 132 valence electrons. The molecule has 25 heavy (non-hydrogen) atoms. The molecule has 2 aromatic carbocycles. The molecule has 0 aliphatic carbocycles. The van der Waals surface area contributed by atoms with Crippen LogP contribution in [0.4, 0.5) is 0 Å². The van der Waals surface area contributed by atoms with Gasteiger partial charge in [-0.1, -0.05) is 42.5 Å². The molecule has 0 saturated carbocycles. The zero-order chi connectivity index (χ0) is 17.9. The van der Waals surface area contributed by atoms with Crippen LogP contribution in [0.25, 0.3) is 16.8 Å². The Kier molecular flexibility index (Phi) is 5.20. The maximum atomic E-state index is 12.4. The lowest BCUT2D eigenvalue weighted by atomic mass is 10.0. The zero-order valence-electron chi connectivity index (χ0n) is 14.2. The minimum Gasteiger partial charge on any atom is -0.339 e. The second-order valence-electron chi connectivity index (χ2n) is 6.39. The Morgan fingerprint density at radius 1 is 1.12 bits per heavy atom. The molecule has 2 aromatic rings. The summed E-state index contributed by atoms with van der Waals surface area (Å²) < 4.78 is 25.2. The fraction of sp³-hybridized carbons (Fsp3) is 0.316. The Morgan fingerprint density at radius 2 is 1.80 bits per heavy atom. The Morgan fingerprint density at radius 3 is 2.52 bits per heavy atom. The molecule has 0 spiro atoms. The highest BCUT2D eigenvalue weighted by molar-refractivity contribution is 7.88. The van der Waals surface area contributed by atoms with Gasteiger partial charge >= 0.3 is 0 Å². The van der Waals surface area contributed by atoms with Crippen LogP contribution in [0, 0.1) is 0 Å². The van der Waals surface area contributed by atoms with E-state index in [1.54, 1.807) is 11.0 Å². The number of hydrogen-bond donors (Lipinski definition) is 1. The average molecular weight is 358 g/mol. The van der Waals surface area contributed by atoms with Gasteiger partial charge in [0.1, 0.15) is 0 Å². The van der Waals surface area contributed by atoms with Gasteiger partial charge in [-0.3, -0.25) is 4.79 Å². The van der Waals surface area contributed by atoms with Crippen molar-refractivity contribution < 1.29 is 13.2 Å². The first-order valence-electron chi connectivity index (χ1n) is 8.34. The van der Waals surface area contributed by atoms with Gasteiger partial charge in [-0.05, 0) is 35.3 Å². The van der Waals surface area contributed by atoms with Gasteiger partial charge in [-0.2, -0.15) is 0 Å². The molecule has 0 atom stereocenters. The number of fused-ring (bicyclic) bond motifs is 1. The van der Waals surface area contributed by atoms with Crippen molar-refractivity contribution in [3.05, 3.63) is 54.1 Å². The van der Waals surface area contributed by atoms with Crippen LogP contribution in [0.3, 0.4) is 0 Å². The second-order valence-corrected chi connectivity index (χ2v) is 8.17. The van der Waals surface area contributed by atoms with Crippen LogP contribution in [0.5, 0.6) is 0 Å². The van der Waals surface area contributed by atoms with Gasteiger partial charge in [-0.15, -0.1) is 0 Å². The molecule has 1 aliphatic rings. The van der Waals surface area contributed by atoms with E-state index in [9.17, 15) is 13.2 Å². The molecule has 3 rings (SSSR count). The van der Waals surface area contributed by atoms with Crippen molar-refractivity contribution >= 4 is 32.8 Å². The van der Waals surface area contributed by atoms with E-state index in [1.807, 2.05) is 48.5 Å². The summed E-state index contributed by atoms with van der Waals surface area (Å²) in [5.41, 5.74) is 1.01. The van der Waals surface area contributed by atoms with Crippen molar-refractivity contribution in [1.82, 2.24) is 9.62 Å². The maximum absolute atomic E-state index is 12.4. The molecule has 1 aliphatic heterocycles. The largest absolute Gasteiger partial charge is 0.339 e. The number of likely N-dealkylation sites (tertiary alicyclic amines) is 1. The molecule has 0 bridgehead atoms. The summed E-state index contributed by atoms with van der Waals surface area (Å²) in [6.45, 7) is 1.12. The van der Waals surface area contributed by atoms with Crippen LogP contribution in [0.1, 0.15) is 18.4 Å². The molecule has 5 nitrogen and oxygen atoms in total. The van der Waals surface area contributed by atoms with Crippen LogP contribution >= 0.6 is 0 Å². The lowest BCUT2D eigenvalue weighted by Gasteiger charge is -2.31. The first-order valence-corrected chi connectivity index (χ1v) is 10.2. The quantitative estimate of drug-likeness (QED) is 0.854. The predicted molar refractivity (Wildman–Crippen MR) is 101 cm³/mol. The summed E-state index contributed by atoms with van der Waals surface area (Å²) in [5.74, 6) is -0.0364. The molecule has 1 N–H and O–H groups in total. The van der Waals surface area contributed by atoms with Crippen molar-refractivity contribution in [3.63, 3.8) is 0 Å². The van der Waals surface area contributed by atoms with E-state index in [0.717, 1.165) is 22.6 Å². The van der Waals surface area contributed by atoms with Crippen molar-refractivity contribution in [1.29, 1.82) is 0 Å². The van der Waals surface area contributed by atoms with E-state index in [2.05, 4.69) is 4.72 Å². The monoisotopic (exact) mass is 358 g/mol. The second kappa shape index (κ2) is 7.37. The molecule has 1 fully saturated rings. The number of benzene rings is 2. The zero-order valence-corrected chi connectivity index (χ0v) is 15.0. The first-order chi connectivity index (χ1) is 11.9. The first kappa shape index (κ1) is 17.6. The van der Waals surface area contributed by atoms with Crippen molar-refractivity contribution in [2.24, 2.45) is 0 Å². The number of hydrogen-bond acceptors (Lipinski definition) is 3. The van der Waals surface area contributed by atoms with Crippen molar-refractivity contribution in [2.45, 2.75) is 18.9 Å². The molecule has 1 saturated heterocycles. The fourth-order valence-corrected chi connectivity index (χ4v) is 4.02. The molecule has 0 aromatic heterocycles. The van der Waals surface area contributed by atoms with Gasteiger partial charge < -0.3 is 4.90 Å².